The Balaban J connectivity index is 1.23. The molecule has 2 heterocycles. The van der Waals surface area contributed by atoms with Gasteiger partial charge in [-0.15, -0.1) is 0 Å². The van der Waals surface area contributed by atoms with E-state index in [2.05, 4.69) is 10.6 Å². The van der Waals surface area contributed by atoms with Crippen LogP contribution in [0.25, 0.3) is 11.6 Å². The number of rotatable bonds is 9. The van der Waals surface area contributed by atoms with E-state index in [9.17, 15) is 13.6 Å². The number of hydrogen-bond donors (Lipinski definition) is 2. The molecule has 43 heavy (non-hydrogen) atoms. The zero-order valence-corrected chi connectivity index (χ0v) is 25.5. The molecule has 2 aliphatic heterocycles. The number of amides is 1. The van der Waals surface area contributed by atoms with E-state index in [1.165, 1.54) is 0 Å². The normalized spacial score (nSPS) is 20.0. The third-order valence-electron chi connectivity index (χ3n) is 8.05. The molecule has 0 spiro atoms. The van der Waals surface area contributed by atoms with Gasteiger partial charge in [0.15, 0.2) is 11.6 Å². The number of fused-ring (bicyclic) bond motifs is 2. The molecular formula is C33H30Cl3F2N3O2. The molecule has 5 nitrogen and oxygen atoms in total. The molecular weight excluding hydrogens is 615 g/mol. The minimum Gasteiger partial charge on any atom is -0.485 e. The summed E-state index contributed by atoms with van der Waals surface area (Å²) in [5.74, 6) is -1.75. The van der Waals surface area contributed by atoms with Gasteiger partial charge in [0.05, 0.1) is 16.1 Å². The van der Waals surface area contributed by atoms with Crippen LogP contribution in [0.15, 0.2) is 66.2 Å². The minimum atomic E-state index is -0.740. The number of carbonyl (C=O) groups is 1. The van der Waals surface area contributed by atoms with Crippen LogP contribution >= 0.6 is 34.8 Å². The molecule has 3 aromatic rings. The Labute approximate surface area is 264 Å². The topological polar surface area (TPSA) is 53.6 Å². The average molecular weight is 645 g/mol. The highest BCUT2D eigenvalue weighted by Crippen LogP contribution is 2.38. The molecule has 0 unspecified atom stereocenters. The van der Waals surface area contributed by atoms with Crippen molar-refractivity contribution >= 4 is 52.4 Å². The lowest BCUT2D eigenvalue weighted by Gasteiger charge is -2.41. The highest BCUT2D eigenvalue weighted by molar-refractivity contribution is 6.42. The van der Waals surface area contributed by atoms with E-state index in [0.717, 1.165) is 65.8 Å². The van der Waals surface area contributed by atoms with Crippen LogP contribution in [0.1, 0.15) is 36.0 Å². The lowest BCUT2D eigenvalue weighted by Crippen LogP contribution is -2.60. The van der Waals surface area contributed by atoms with Gasteiger partial charge >= 0.3 is 0 Å². The van der Waals surface area contributed by atoms with Crippen LogP contribution < -0.4 is 15.4 Å². The van der Waals surface area contributed by atoms with Gasteiger partial charge in [0, 0.05) is 37.3 Å². The van der Waals surface area contributed by atoms with Crippen LogP contribution in [0.5, 0.6) is 5.75 Å². The number of benzene rings is 3. The summed E-state index contributed by atoms with van der Waals surface area (Å²) in [5, 5.41) is 7.71. The van der Waals surface area contributed by atoms with Crippen molar-refractivity contribution in [3.63, 3.8) is 0 Å². The monoisotopic (exact) mass is 643 g/mol. The summed E-state index contributed by atoms with van der Waals surface area (Å²) in [6.45, 7) is 1.93. The lowest BCUT2D eigenvalue weighted by atomic mass is 9.83. The molecule has 1 aliphatic carbocycles. The van der Waals surface area contributed by atoms with Crippen LogP contribution in [0, 0.1) is 11.6 Å². The maximum absolute atomic E-state index is 14.3. The summed E-state index contributed by atoms with van der Waals surface area (Å²) in [5.41, 5.74) is 4.58. The van der Waals surface area contributed by atoms with Gasteiger partial charge in [0.25, 0.3) is 5.91 Å². The van der Waals surface area contributed by atoms with Crippen molar-refractivity contribution in [3.8, 4) is 5.75 Å². The first-order valence-corrected chi connectivity index (χ1v) is 15.4. The summed E-state index contributed by atoms with van der Waals surface area (Å²) < 4.78 is 33.0. The third-order valence-corrected chi connectivity index (χ3v) is 9.26. The number of carbonyl (C=O) groups excluding carboxylic acids is 1. The molecule has 0 aromatic heterocycles. The molecule has 1 saturated heterocycles. The van der Waals surface area contributed by atoms with Crippen molar-refractivity contribution in [1.82, 2.24) is 15.5 Å². The average Bonchev–Trinajstić information content (AvgIpc) is 3.85. The Hall–Kier alpha value is -2.94. The summed E-state index contributed by atoms with van der Waals surface area (Å²) in [7, 11) is 0. The molecule has 3 aromatic carbocycles. The second kappa shape index (κ2) is 13.0. The maximum atomic E-state index is 14.3. The molecule has 10 heteroatoms. The smallest absolute Gasteiger partial charge is 0.252 e. The van der Waals surface area contributed by atoms with Crippen LogP contribution in [0.2, 0.25) is 15.1 Å². The summed E-state index contributed by atoms with van der Waals surface area (Å²) in [6, 6.07) is 15.8. The molecule has 6 rings (SSSR count). The quantitative estimate of drug-likeness (QED) is 0.240. The summed E-state index contributed by atoms with van der Waals surface area (Å²) >= 11 is 18.6. The lowest BCUT2D eigenvalue weighted by molar-refractivity contribution is -0.128. The number of nitrogens with one attached hydrogen (secondary N) is 2. The van der Waals surface area contributed by atoms with E-state index in [1.54, 1.807) is 12.1 Å². The zero-order valence-electron chi connectivity index (χ0n) is 23.2. The summed E-state index contributed by atoms with van der Waals surface area (Å²) in [4.78, 5) is 16.3. The molecule has 1 amide bonds. The third kappa shape index (κ3) is 6.61. The molecule has 0 radical (unpaired) electrons. The van der Waals surface area contributed by atoms with Gasteiger partial charge in [0.2, 0.25) is 0 Å². The van der Waals surface area contributed by atoms with Gasteiger partial charge in [-0.2, -0.15) is 0 Å². The molecule has 1 saturated carbocycles. The van der Waals surface area contributed by atoms with Crippen molar-refractivity contribution < 1.29 is 18.3 Å². The van der Waals surface area contributed by atoms with Gasteiger partial charge < -0.3 is 20.3 Å². The Morgan fingerprint density at radius 2 is 1.74 bits per heavy atom. The van der Waals surface area contributed by atoms with Crippen LogP contribution in [-0.4, -0.2) is 48.6 Å². The van der Waals surface area contributed by atoms with E-state index >= 15 is 0 Å². The van der Waals surface area contributed by atoms with Crippen molar-refractivity contribution in [1.29, 1.82) is 0 Å². The first kappa shape index (κ1) is 30.1. The predicted molar refractivity (Wildman–Crippen MR) is 167 cm³/mol. The largest absolute Gasteiger partial charge is 0.485 e. The Morgan fingerprint density at radius 1 is 0.977 bits per heavy atom. The Kier molecular flexibility index (Phi) is 9.08. The number of halogens is 5. The fourth-order valence-corrected chi connectivity index (χ4v) is 6.34. The van der Waals surface area contributed by atoms with E-state index in [-0.39, 0.29) is 41.4 Å². The van der Waals surface area contributed by atoms with E-state index in [1.807, 2.05) is 47.4 Å². The second-order valence-corrected chi connectivity index (χ2v) is 12.2. The van der Waals surface area contributed by atoms with Crippen molar-refractivity contribution in [2.75, 3.05) is 19.7 Å². The number of hydrogen-bond acceptors (Lipinski definition) is 4. The first-order chi connectivity index (χ1) is 20.8. The molecule has 224 valence electrons. The molecule has 2 bridgehead atoms. The van der Waals surface area contributed by atoms with E-state index < -0.39 is 11.6 Å². The van der Waals surface area contributed by atoms with Crippen molar-refractivity contribution in [2.45, 2.75) is 43.9 Å². The second-order valence-electron chi connectivity index (χ2n) is 11.1. The minimum absolute atomic E-state index is 0.0152. The number of piperazine rings is 1. The highest BCUT2D eigenvalue weighted by Gasteiger charge is 2.41. The van der Waals surface area contributed by atoms with Gasteiger partial charge in [-0.05, 0) is 65.8 Å². The molecule has 2 fully saturated rings. The van der Waals surface area contributed by atoms with Gasteiger partial charge in [0.1, 0.15) is 17.4 Å². The van der Waals surface area contributed by atoms with Crippen LogP contribution in [0.4, 0.5) is 8.78 Å². The van der Waals surface area contributed by atoms with Gasteiger partial charge in [-0.1, -0.05) is 77.3 Å². The molecule has 3 aliphatic rings. The first-order valence-electron chi connectivity index (χ1n) is 14.3. The fourth-order valence-electron chi connectivity index (χ4n) is 5.75. The molecule has 2 atom stereocenters. The highest BCUT2D eigenvalue weighted by atomic mass is 35.5. The number of ether oxygens (including phenoxy) is 1. The number of nitrogens with zero attached hydrogens (tertiary/aromatic N) is 1. The van der Waals surface area contributed by atoms with Gasteiger partial charge in [-0.25, -0.2) is 8.78 Å². The van der Waals surface area contributed by atoms with Gasteiger partial charge in [-0.3, -0.25) is 4.79 Å². The van der Waals surface area contributed by atoms with Crippen LogP contribution in [0.3, 0.4) is 0 Å². The zero-order chi connectivity index (χ0) is 30.1. The van der Waals surface area contributed by atoms with E-state index in [4.69, 9.17) is 39.5 Å². The standard InChI is InChI=1S/C33H30Cl3F2N3O2/c34-25-5-1-4-21(30(25)35)18-41(23-10-11-23)33(42)29-24(15-22-16-39-17-28(29)40-22)20-8-6-19(7-9-20)3-2-14-43-32-27(38)13-12-26(37)31(32)36/h1-9,12-13,22-23,28,39-40H,10-11,14-18H2/b3-2-/t22-,28-/m1/s1. The van der Waals surface area contributed by atoms with Crippen LogP contribution in [-0.2, 0) is 11.3 Å². The SMILES string of the molecule is O=C(C1=C(c2ccc(/C=C\COc3c(F)ccc(F)c3Cl)cc2)C[C@@H]2CNC[C@H]1N2)N(Cc1cccc(Cl)c1Cl)C1CC1. The summed E-state index contributed by atoms with van der Waals surface area (Å²) in [6.07, 6.45) is 6.20. The predicted octanol–water partition coefficient (Wildman–Crippen LogP) is 7.30. The Morgan fingerprint density at radius 3 is 2.51 bits per heavy atom. The fraction of sp³-hybridized carbons (Fsp3) is 0.303. The van der Waals surface area contributed by atoms with Crippen molar-refractivity contribution in [2.24, 2.45) is 0 Å². The van der Waals surface area contributed by atoms with E-state index in [0.29, 0.717) is 23.1 Å². The molecule has 2 N–H and O–H groups in total. The Bertz CT molecular complexity index is 1590. The maximum Gasteiger partial charge on any atom is 0.252 e. The van der Waals surface area contributed by atoms with Crippen molar-refractivity contribution in [3.05, 3.63) is 110 Å².